The van der Waals surface area contributed by atoms with Crippen LogP contribution in [0.5, 0.6) is 0 Å². The van der Waals surface area contributed by atoms with Crippen LogP contribution in [0.2, 0.25) is 0 Å². The van der Waals surface area contributed by atoms with Gasteiger partial charge in [0.15, 0.2) is 6.10 Å². The highest BCUT2D eigenvalue weighted by atomic mass is 16.7. The first-order valence-corrected chi connectivity index (χ1v) is 42.1. The van der Waals surface area contributed by atoms with Crippen molar-refractivity contribution in [3.63, 3.8) is 0 Å². The van der Waals surface area contributed by atoms with Crippen LogP contribution in [-0.2, 0) is 33.3 Å². The normalized spacial score (nSPS) is 13.2. The van der Waals surface area contributed by atoms with E-state index in [0.29, 0.717) is 17.4 Å². The molecule has 9 nitrogen and oxygen atoms in total. The van der Waals surface area contributed by atoms with E-state index in [1.807, 2.05) is 21.1 Å². The largest absolute Gasteiger partial charge is 0.477 e. The maximum Gasteiger partial charge on any atom is 0.361 e. The number of allylic oxidation sites excluding steroid dienone is 18. The summed E-state index contributed by atoms with van der Waals surface area (Å²) in [5.41, 5.74) is 0. The molecule has 2 unspecified atom stereocenters. The third-order valence-corrected chi connectivity index (χ3v) is 18.5. The Morgan fingerprint density at radius 3 is 0.859 bits per heavy atom. The lowest BCUT2D eigenvalue weighted by molar-refractivity contribution is -0.870. The van der Waals surface area contributed by atoms with Crippen molar-refractivity contribution in [3.8, 4) is 0 Å². The Balaban J connectivity index is 3.97. The smallest absolute Gasteiger partial charge is 0.361 e. The van der Waals surface area contributed by atoms with Gasteiger partial charge in [0, 0.05) is 12.8 Å². The Hall–Kier alpha value is -4.05. The van der Waals surface area contributed by atoms with Crippen LogP contribution in [0.1, 0.15) is 386 Å². The maximum absolute atomic E-state index is 13.0. The highest BCUT2D eigenvalue weighted by Crippen LogP contribution is 2.19. The first kappa shape index (κ1) is 94.9. The summed E-state index contributed by atoms with van der Waals surface area (Å²) in [7, 11) is 5.99. The number of hydrogen-bond acceptors (Lipinski definition) is 7. The molecular weight excluding hydrogens is 1220 g/mol. The fourth-order valence-electron chi connectivity index (χ4n) is 12.1. The van der Waals surface area contributed by atoms with Gasteiger partial charge in [0.25, 0.3) is 6.29 Å². The van der Waals surface area contributed by atoms with E-state index >= 15 is 0 Å². The molecule has 0 amide bonds. The SMILES string of the molecule is CC/C=C\C/C=C\C/C=C\C/C=C\C/C=C\C/C=C\CCCCCCCCCCCCCCCCC(=O)OC(COC(=O)CCCCCCCCCCCCCCCCCCCCCCCCCCCC/C=C\C/C=C\C/C=C\CCCCCCC)COC(OCC[N+](C)(C)C)C(=O)O. The van der Waals surface area contributed by atoms with Crippen molar-refractivity contribution in [2.24, 2.45) is 0 Å². The number of likely N-dealkylation sites (N-methyl/N-ethyl adjacent to an activating group) is 1. The van der Waals surface area contributed by atoms with Crippen molar-refractivity contribution in [1.82, 2.24) is 0 Å². The molecule has 0 aliphatic heterocycles. The second-order valence-corrected chi connectivity index (χ2v) is 29.4. The lowest BCUT2D eigenvalue weighted by atomic mass is 10.0. The van der Waals surface area contributed by atoms with Crippen LogP contribution in [0.25, 0.3) is 0 Å². The lowest BCUT2D eigenvalue weighted by Gasteiger charge is -2.25. The molecule has 2 atom stereocenters. The van der Waals surface area contributed by atoms with E-state index in [1.54, 1.807) is 0 Å². The van der Waals surface area contributed by atoms with Crippen molar-refractivity contribution < 1.29 is 42.9 Å². The second-order valence-electron chi connectivity index (χ2n) is 29.4. The van der Waals surface area contributed by atoms with Crippen LogP contribution >= 0.6 is 0 Å². The van der Waals surface area contributed by atoms with Crippen molar-refractivity contribution in [2.45, 2.75) is 399 Å². The van der Waals surface area contributed by atoms with E-state index in [1.165, 1.54) is 270 Å². The number of esters is 2. The molecule has 0 saturated heterocycles. The molecule has 9 heteroatoms. The predicted octanol–water partition coefficient (Wildman–Crippen LogP) is 27.3. The van der Waals surface area contributed by atoms with Crippen molar-refractivity contribution in [3.05, 3.63) is 109 Å². The molecule has 0 fully saturated rings. The third kappa shape index (κ3) is 81.1. The summed E-state index contributed by atoms with van der Waals surface area (Å²) in [6, 6.07) is 0. The van der Waals surface area contributed by atoms with Crippen molar-refractivity contribution >= 4 is 17.9 Å². The molecule has 0 aliphatic carbocycles. The lowest BCUT2D eigenvalue weighted by Crippen LogP contribution is -2.40. The molecule has 0 radical (unpaired) electrons. The molecule has 99 heavy (non-hydrogen) atoms. The molecule has 0 aromatic carbocycles. The number of aliphatic carboxylic acids is 1. The van der Waals surface area contributed by atoms with Gasteiger partial charge in [-0.05, 0) is 103 Å². The van der Waals surface area contributed by atoms with E-state index in [-0.39, 0.29) is 32.2 Å². The van der Waals surface area contributed by atoms with Crippen molar-refractivity contribution in [1.29, 1.82) is 0 Å². The molecule has 0 aromatic rings. The average molecular weight is 1380 g/mol. The van der Waals surface area contributed by atoms with E-state index in [4.69, 9.17) is 18.9 Å². The maximum atomic E-state index is 13.0. The van der Waals surface area contributed by atoms with Gasteiger partial charge < -0.3 is 28.5 Å². The first-order valence-electron chi connectivity index (χ1n) is 42.1. The fraction of sp³-hybridized carbons (Fsp3) is 0.767. The fourth-order valence-corrected chi connectivity index (χ4v) is 12.1. The molecule has 0 aromatic heterocycles. The van der Waals surface area contributed by atoms with Crippen LogP contribution < -0.4 is 0 Å². The summed E-state index contributed by atoms with van der Waals surface area (Å²) < 4.78 is 23.1. The van der Waals surface area contributed by atoms with E-state index in [9.17, 15) is 19.5 Å². The van der Waals surface area contributed by atoms with Gasteiger partial charge in [-0.25, -0.2) is 4.79 Å². The van der Waals surface area contributed by atoms with Gasteiger partial charge in [-0.3, -0.25) is 9.59 Å². The van der Waals surface area contributed by atoms with Gasteiger partial charge in [0.05, 0.1) is 34.4 Å². The van der Waals surface area contributed by atoms with E-state index in [2.05, 4.69) is 123 Å². The molecule has 1 N–H and O–H groups in total. The quantitative estimate of drug-likeness (QED) is 0.0211. The molecule has 572 valence electrons. The Labute approximate surface area is 613 Å². The predicted molar refractivity (Wildman–Crippen MR) is 428 cm³/mol. The van der Waals surface area contributed by atoms with E-state index in [0.717, 1.165) is 89.9 Å². The number of carbonyl (C=O) groups is 3. The average Bonchev–Trinajstić information content (AvgIpc) is 1.57. The summed E-state index contributed by atoms with van der Waals surface area (Å²) in [4.78, 5) is 37.8. The van der Waals surface area contributed by atoms with Crippen LogP contribution in [0.15, 0.2) is 109 Å². The van der Waals surface area contributed by atoms with Gasteiger partial charge in [0.1, 0.15) is 13.2 Å². The number of ether oxygens (including phenoxy) is 4. The van der Waals surface area contributed by atoms with Crippen LogP contribution in [0, 0.1) is 0 Å². The topological polar surface area (TPSA) is 108 Å². The molecule has 0 spiro atoms. The minimum Gasteiger partial charge on any atom is -0.477 e. The Morgan fingerprint density at radius 2 is 0.576 bits per heavy atom. The number of quaternary nitrogens is 1. The molecule has 0 bridgehead atoms. The van der Waals surface area contributed by atoms with Crippen molar-refractivity contribution in [2.75, 3.05) is 47.5 Å². The highest BCUT2D eigenvalue weighted by Gasteiger charge is 2.25. The third-order valence-electron chi connectivity index (χ3n) is 18.5. The summed E-state index contributed by atoms with van der Waals surface area (Å²) in [6.07, 6.45) is 110. The monoisotopic (exact) mass is 1380 g/mol. The van der Waals surface area contributed by atoms with Crippen LogP contribution in [-0.4, -0.2) is 87.4 Å². The summed E-state index contributed by atoms with van der Waals surface area (Å²) in [5, 5.41) is 9.78. The first-order chi connectivity index (χ1) is 48.6. The number of rotatable bonds is 78. The molecule has 0 aliphatic rings. The Kier molecular flexibility index (Phi) is 76.4. The number of carbonyl (C=O) groups excluding carboxylic acids is 2. The zero-order valence-corrected chi connectivity index (χ0v) is 65.6. The number of nitrogens with zero attached hydrogens (tertiary/aromatic N) is 1. The van der Waals surface area contributed by atoms with Gasteiger partial charge in [0.2, 0.25) is 0 Å². The summed E-state index contributed by atoms with van der Waals surface area (Å²) in [5.74, 6) is -1.99. The standard InChI is InChI=1S/C90H159NO8/c1-6-8-10-12-14-16-18-20-22-24-26-28-30-32-34-36-38-40-41-42-43-44-45-46-47-49-50-52-54-56-58-60-62-64-66-68-70-72-74-76-78-80-87(92)97-84-86(85-98-90(89(94)95)96-83-82-91(3,4)5)99-88(93)81-79-77-75-73-71-69-67-65-63-61-59-57-55-53-51-48-39-37-35-33-31-29-27-25-23-21-19-17-15-13-11-9-7-2/h9,11,15,17-18,20-21,23-24,26-27,29-30,32-33,35,39,48,86,90H,6-8,10,12-14,16,19,22,25,28,31,34,36-38,40-47,49-85H2,1-5H3/p+1/b11-9-,17-15-,20-18-,23-21-,26-24-,29-27-,32-30-,35-33-,48-39-. The summed E-state index contributed by atoms with van der Waals surface area (Å²) >= 11 is 0. The van der Waals surface area contributed by atoms with E-state index < -0.39 is 24.3 Å². The van der Waals surface area contributed by atoms with Gasteiger partial charge >= 0.3 is 17.9 Å². The molecule has 0 rings (SSSR count). The minimum atomic E-state index is -1.51. The second kappa shape index (κ2) is 79.6. The number of carboxylic acids is 1. The number of unbranched alkanes of at least 4 members (excludes halogenated alkanes) is 45. The zero-order chi connectivity index (χ0) is 71.8. The molecule has 0 heterocycles. The minimum absolute atomic E-state index is 0.182. The van der Waals surface area contributed by atoms with Gasteiger partial charge in [-0.2, -0.15) is 0 Å². The number of hydrogen-bond donors (Lipinski definition) is 1. The summed E-state index contributed by atoms with van der Waals surface area (Å²) in [6.45, 7) is 4.80. The van der Waals surface area contributed by atoms with Gasteiger partial charge in [-0.15, -0.1) is 0 Å². The van der Waals surface area contributed by atoms with Gasteiger partial charge in [-0.1, -0.05) is 380 Å². The number of carboxylic acid groups (broad SMARTS) is 1. The van der Waals surface area contributed by atoms with Crippen LogP contribution in [0.4, 0.5) is 0 Å². The zero-order valence-electron chi connectivity index (χ0n) is 65.6. The Bertz CT molecular complexity index is 2000. The molecule has 0 saturated carbocycles. The highest BCUT2D eigenvalue weighted by molar-refractivity contribution is 5.71. The molecular formula is C90H160NO8+. The van der Waals surface area contributed by atoms with Crippen LogP contribution in [0.3, 0.4) is 0 Å². The Morgan fingerprint density at radius 1 is 0.313 bits per heavy atom.